The highest BCUT2D eigenvalue weighted by Gasteiger charge is 2.69. The SMILES string of the molecule is CC(C)OC1=C(OC(C)C)[C@]2(C)CC[C@H](C)[C@]2(O)C1=O. The first-order valence-corrected chi connectivity index (χ1v) is 7.49. The first kappa shape index (κ1) is 15.4. The molecule has 2 aliphatic rings. The van der Waals surface area contributed by atoms with Gasteiger partial charge in [0.2, 0.25) is 11.5 Å². The van der Waals surface area contributed by atoms with Crippen molar-refractivity contribution in [3.63, 3.8) is 0 Å². The fraction of sp³-hybridized carbons (Fsp3) is 0.812. The molecule has 0 saturated heterocycles. The molecule has 114 valence electrons. The van der Waals surface area contributed by atoms with Crippen molar-refractivity contribution in [2.24, 2.45) is 11.3 Å². The molecule has 0 radical (unpaired) electrons. The molecule has 2 rings (SSSR count). The van der Waals surface area contributed by atoms with Gasteiger partial charge in [-0.2, -0.15) is 0 Å². The van der Waals surface area contributed by atoms with Gasteiger partial charge in [0.1, 0.15) is 5.60 Å². The maximum absolute atomic E-state index is 12.7. The van der Waals surface area contributed by atoms with E-state index in [9.17, 15) is 9.90 Å². The third-order valence-electron chi connectivity index (χ3n) is 4.60. The first-order valence-electron chi connectivity index (χ1n) is 7.49. The van der Waals surface area contributed by atoms with E-state index in [4.69, 9.17) is 9.47 Å². The Kier molecular flexibility index (Phi) is 3.66. The number of fused-ring (bicyclic) bond motifs is 1. The minimum atomic E-state index is -1.39. The van der Waals surface area contributed by atoms with Crippen LogP contribution in [-0.2, 0) is 14.3 Å². The number of carbonyl (C=O) groups excluding carboxylic acids is 1. The Labute approximate surface area is 121 Å². The van der Waals surface area contributed by atoms with Crippen LogP contribution < -0.4 is 0 Å². The van der Waals surface area contributed by atoms with Crippen molar-refractivity contribution in [1.29, 1.82) is 0 Å². The molecule has 4 nitrogen and oxygen atoms in total. The summed E-state index contributed by atoms with van der Waals surface area (Å²) in [6, 6.07) is 0. The Hall–Kier alpha value is -1.03. The van der Waals surface area contributed by atoms with E-state index < -0.39 is 11.0 Å². The van der Waals surface area contributed by atoms with Gasteiger partial charge in [-0.1, -0.05) is 6.92 Å². The number of Topliss-reactive ketones (excluding diaryl/α,β-unsaturated/α-hetero) is 1. The Morgan fingerprint density at radius 3 is 2.25 bits per heavy atom. The van der Waals surface area contributed by atoms with Gasteiger partial charge in [-0.05, 0) is 53.4 Å². The molecule has 0 amide bonds. The van der Waals surface area contributed by atoms with Crippen LogP contribution in [0, 0.1) is 11.3 Å². The molecule has 2 aliphatic carbocycles. The van der Waals surface area contributed by atoms with Crippen molar-refractivity contribution >= 4 is 5.78 Å². The monoisotopic (exact) mass is 282 g/mol. The summed E-state index contributed by atoms with van der Waals surface area (Å²) in [6.45, 7) is 11.4. The summed E-state index contributed by atoms with van der Waals surface area (Å²) in [6.07, 6.45) is 1.38. The minimum Gasteiger partial charge on any atom is -0.491 e. The number of ketones is 1. The number of hydrogen-bond donors (Lipinski definition) is 1. The van der Waals surface area contributed by atoms with E-state index in [1.165, 1.54) is 0 Å². The second-order valence-corrected chi connectivity index (χ2v) is 6.86. The zero-order chi connectivity index (χ0) is 15.3. The Balaban J connectivity index is 2.53. The fourth-order valence-electron chi connectivity index (χ4n) is 3.50. The Bertz CT molecular complexity index is 451. The summed E-state index contributed by atoms with van der Waals surface area (Å²) in [5.41, 5.74) is -2.06. The van der Waals surface area contributed by atoms with Crippen molar-refractivity contribution in [2.45, 2.75) is 72.2 Å². The van der Waals surface area contributed by atoms with E-state index in [2.05, 4.69) is 0 Å². The normalized spacial score (nSPS) is 37.0. The lowest BCUT2D eigenvalue weighted by Gasteiger charge is -2.35. The molecule has 0 spiro atoms. The van der Waals surface area contributed by atoms with Crippen LogP contribution in [0.4, 0.5) is 0 Å². The lowest BCUT2D eigenvalue weighted by Crippen LogP contribution is -2.49. The van der Waals surface area contributed by atoms with E-state index in [1.54, 1.807) is 0 Å². The second-order valence-electron chi connectivity index (χ2n) is 6.86. The van der Waals surface area contributed by atoms with Crippen LogP contribution in [0.3, 0.4) is 0 Å². The molecular weight excluding hydrogens is 256 g/mol. The molecule has 0 heterocycles. The largest absolute Gasteiger partial charge is 0.491 e. The zero-order valence-corrected chi connectivity index (χ0v) is 13.3. The third kappa shape index (κ3) is 1.88. The maximum Gasteiger partial charge on any atom is 0.233 e. The van der Waals surface area contributed by atoms with Crippen LogP contribution >= 0.6 is 0 Å². The van der Waals surface area contributed by atoms with Gasteiger partial charge in [0.15, 0.2) is 5.76 Å². The van der Waals surface area contributed by atoms with E-state index in [0.717, 1.165) is 12.8 Å². The molecule has 1 N–H and O–H groups in total. The summed E-state index contributed by atoms with van der Waals surface area (Å²) in [4.78, 5) is 12.7. The van der Waals surface area contributed by atoms with Crippen molar-refractivity contribution in [3.05, 3.63) is 11.5 Å². The second kappa shape index (κ2) is 4.76. The van der Waals surface area contributed by atoms with Crippen LogP contribution in [0.2, 0.25) is 0 Å². The molecule has 4 heteroatoms. The molecule has 1 saturated carbocycles. The molecule has 0 aromatic heterocycles. The molecule has 20 heavy (non-hydrogen) atoms. The summed E-state index contributed by atoms with van der Waals surface area (Å²) in [5, 5.41) is 11.0. The average Bonchev–Trinajstić information content (AvgIpc) is 2.65. The highest BCUT2D eigenvalue weighted by Crippen LogP contribution is 2.60. The molecule has 0 aromatic carbocycles. The van der Waals surface area contributed by atoms with Gasteiger partial charge in [0, 0.05) is 0 Å². The first-order chi connectivity index (χ1) is 9.14. The molecule has 3 atom stereocenters. The lowest BCUT2D eigenvalue weighted by molar-refractivity contribution is -0.147. The van der Waals surface area contributed by atoms with Gasteiger partial charge in [0.25, 0.3) is 0 Å². The summed E-state index contributed by atoms with van der Waals surface area (Å²) in [7, 11) is 0. The van der Waals surface area contributed by atoms with Crippen LogP contribution in [0.1, 0.15) is 54.4 Å². The number of ether oxygens (including phenoxy) is 2. The van der Waals surface area contributed by atoms with E-state index in [0.29, 0.717) is 5.76 Å². The van der Waals surface area contributed by atoms with Crippen molar-refractivity contribution in [2.75, 3.05) is 0 Å². The Morgan fingerprint density at radius 2 is 1.75 bits per heavy atom. The number of rotatable bonds is 4. The predicted octanol–water partition coefficient (Wildman–Crippen LogP) is 2.80. The van der Waals surface area contributed by atoms with Crippen molar-refractivity contribution in [1.82, 2.24) is 0 Å². The van der Waals surface area contributed by atoms with Gasteiger partial charge in [-0.25, -0.2) is 0 Å². The van der Waals surface area contributed by atoms with Crippen molar-refractivity contribution in [3.8, 4) is 0 Å². The highest BCUT2D eigenvalue weighted by molar-refractivity contribution is 6.05. The third-order valence-corrected chi connectivity index (χ3v) is 4.60. The smallest absolute Gasteiger partial charge is 0.233 e. The highest BCUT2D eigenvalue weighted by atomic mass is 16.5. The van der Waals surface area contributed by atoms with E-state index in [-0.39, 0.29) is 29.7 Å². The predicted molar refractivity (Wildman–Crippen MR) is 75.9 cm³/mol. The molecule has 0 unspecified atom stereocenters. The topological polar surface area (TPSA) is 55.8 Å². The minimum absolute atomic E-state index is 0.0568. The van der Waals surface area contributed by atoms with Gasteiger partial charge in [0.05, 0.1) is 17.6 Å². The number of aliphatic hydroxyl groups is 1. The number of hydrogen-bond acceptors (Lipinski definition) is 4. The van der Waals surface area contributed by atoms with Crippen LogP contribution in [-0.4, -0.2) is 28.7 Å². The van der Waals surface area contributed by atoms with Gasteiger partial charge in [-0.15, -0.1) is 0 Å². The average molecular weight is 282 g/mol. The van der Waals surface area contributed by atoms with Gasteiger partial charge < -0.3 is 14.6 Å². The Morgan fingerprint density at radius 1 is 1.20 bits per heavy atom. The lowest BCUT2D eigenvalue weighted by atomic mass is 9.74. The number of carbonyl (C=O) groups is 1. The van der Waals surface area contributed by atoms with Crippen LogP contribution in [0.15, 0.2) is 11.5 Å². The summed E-state index contributed by atoms with van der Waals surface area (Å²) in [5.74, 6) is 0.372. The molecule has 0 aromatic rings. The van der Waals surface area contributed by atoms with E-state index >= 15 is 0 Å². The van der Waals surface area contributed by atoms with Crippen LogP contribution in [0.5, 0.6) is 0 Å². The molecular formula is C16H26O4. The standard InChI is InChI=1S/C16H26O4/c1-9(2)19-12-13(17)16(18)11(5)7-8-15(16,6)14(12)20-10(3)4/h9-11,18H,7-8H2,1-6H3/t11-,15-,16-/m0/s1. The fourth-order valence-corrected chi connectivity index (χ4v) is 3.50. The van der Waals surface area contributed by atoms with Crippen LogP contribution in [0.25, 0.3) is 0 Å². The van der Waals surface area contributed by atoms with Crippen molar-refractivity contribution < 1.29 is 19.4 Å². The van der Waals surface area contributed by atoms with Gasteiger partial charge in [-0.3, -0.25) is 4.79 Å². The van der Waals surface area contributed by atoms with Gasteiger partial charge >= 0.3 is 0 Å². The zero-order valence-electron chi connectivity index (χ0n) is 13.3. The summed E-state index contributed by atoms with van der Waals surface area (Å²) >= 11 is 0. The van der Waals surface area contributed by atoms with E-state index in [1.807, 2.05) is 41.5 Å². The quantitative estimate of drug-likeness (QED) is 0.861. The molecule has 0 bridgehead atoms. The molecule has 1 fully saturated rings. The summed E-state index contributed by atoms with van der Waals surface area (Å²) < 4.78 is 11.6. The maximum atomic E-state index is 12.7. The molecule has 0 aliphatic heterocycles.